The third-order valence-corrected chi connectivity index (χ3v) is 9.29. The van der Waals surface area contributed by atoms with Crippen LogP contribution in [0.2, 0.25) is 0 Å². The summed E-state index contributed by atoms with van der Waals surface area (Å²) in [6, 6.07) is -0.252. The number of ether oxygens (including phenoxy) is 2. The summed E-state index contributed by atoms with van der Waals surface area (Å²) in [5.41, 5.74) is -1.38. The number of nitrogen functional groups attached to an aromatic ring is 1. The van der Waals surface area contributed by atoms with Crippen LogP contribution in [0.4, 0.5) is 42.2 Å². The smallest absolute Gasteiger partial charge is 0.417 e. The highest BCUT2D eigenvalue weighted by molar-refractivity contribution is 5.97. The van der Waals surface area contributed by atoms with Gasteiger partial charge in [0.15, 0.2) is 5.82 Å². The van der Waals surface area contributed by atoms with Gasteiger partial charge in [0, 0.05) is 30.6 Å². The Balaban J connectivity index is 1.47. The van der Waals surface area contributed by atoms with E-state index in [1.165, 1.54) is 0 Å². The van der Waals surface area contributed by atoms with E-state index in [4.69, 9.17) is 15.2 Å². The van der Waals surface area contributed by atoms with Crippen LogP contribution in [0, 0.1) is 24.0 Å². The van der Waals surface area contributed by atoms with Crippen molar-refractivity contribution in [1.82, 2.24) is 20.3 Å². The molecular weight excluding hydrogens is 601 g/mol. The van der Waals surface area contributed by atoms with Crippen molar-refractivity contribution in [3.05, 3.63) is 28.8 Å². The van der Waals surface area contributed by atoms with Gasteiger partial charge in [0.05, 0.1) is 29.3 Å². The number of alkyl halides is 5. The van der Waals surface area contributed by atoms with Crippen LogP contribution >= 0.6 is 0 Å². The highest BCUT2D eigenvalue weighted by Crippen LogP contribution is 2.60. The molecule has 5 heterocycles. The Labute approximate surface area is 245 Å². The average molecular weight is 629 g/mol. The van der Waals surface area contributed by atoms with Gasteiger partial charge in [-0.2, -0.15) is 23.1 Å². The average Bonchev–Trinajstić information content (AvgIpc) is 3.37. The van der Waals surface area contributed by atoms with E-state index in [2.05, 4.69) is 20.3 Å². The summed E-state index contributed by atoms with van der Waals surface area (Å²) in [5, 5.41) is 13.1. The summed E-state index contributed by atoms with van der Waals surface area (Å²) >= 11 is 0. The van der Waals surface area contributed by atoms with Crippen LogP contribution in [-0.4, -0.2) is 70.0 Å². The number of nitrogens with two attached hydrogens (primary N) is 1. The van der Waals surface area contributed by atoms with E-state index in [0.29, 0.717) is 12.6 Å². The Bertz CT molecular complexity index is 1710. The summed E-state index contributed by atoms with van der Waals surface area (Å²) in [6.07, 6.45) is -4.74. The van der Waals surface area contributed by atoms with E-state index in [0.717, 1.165) is 19.8 Å². The highest BCUT2D eigenvalue weighted by atomic mass is 19.4. The first-order chi connectivity index (χ1) is 20.7. The first kappa shape index (κ1) is 29.1. The normalized spacial score (nSPS) is 28.5. The number of nitrogens with one attached hydrogen (secondary N) is 1. The molecule has 4 N–H and O–H groups in total. The first-order valence-corrected chi connectivity index (χ1v) is 14.0. The van der Waals surface area contributed by atoms with E-state index >= 15 is 4.39 Å². The van der Waals surface area contributed by atoms with Gasteiger partial charge in [-0.1, -0.05) is 0 Å². The molecule has 4 aliphatic rings. The molecule has 1 aromatic carbocycles. The maximum Gasteiger partial charge on any atom is 0.417 e. The lowest BCUT2D eigenvalue weighted by atomic mass is 9.96. The monoisotopic (exact) mass is 628 g/mol. The van der Waals surface area contributed by atoms with Crippen LogP contribution in [0.1, 0.15) is 37.3 Å². The predicted molar refractivity (Wildman–Crippen MR) is 143 cm³/mol. The van der Waals surface area contributed by atoms with Crippen molar-refractivity contribution in [3.63, 3.8) is 0 Å². The lowest BCUT2D eigenvalue weighted by Gasteiger charge is -2.42. The largest absolute Gasteiger partial charge is 0.472 e. The Morgan fingerprint density at radius 2 is 1.91 bits per heavy atom. The number of aromatic nitrogens is 3. The van der Waals surface area contributed by atoms with Crippen LogP contribution < -0.4 is 25.4 Å². The minimum atomic E-state index is -5.12. The van der Waals surface area contributed by atoms with Crippen molar-refractivity contribution < 1.29 is 45.3 Å². The van der Waals surface area contributed by atoms with Crippen LogP contribution in [0.3, 0.4) is 0 Å². The number of aliphatic hydroxyl groups excluding tert-OH is 1. The molecule has 16 heteroatoms. The Morgan fingerprint density at radius 1 is 1.18 bits per heavy atom. The molecule has 1 saturated carbocycles. The molecule has 5 atom stereocenters. The SMILES string of the molecule is Cc1c(F)c(N)cc(-c2nc3c4c(nc(OCC5(CO)CC5(F)F)nc4c2F)N2CC4CCC(N4)C2[C@H](C)O3)c1C(F)(F)F. The maximum atomic E-state index is 16.5. The first-order valence-electron chi connectivity index (χ1n) is 14.0. The van der Waals surface area contributed by atoms with Gasteiger partial charge >= 0.3 is 12.2 Å². The van der Waals surface area contributed by atoms with Gasteiger partial charge in [0.25, 0.3) is 5.92 Å². The number of aliphatic hydroxyl groups is 1. The minimum absolute atomic E-state index is 0.0387. The van der Waals surface area contributed by atoms with Crippen LogP contribution in [-0.2, 0) is 6.18 Å². The predicted octanol–water partition coefficient (Wildman–Crippen LogP) is 4.37. The molecule has 3 aromatic rings. The topological polar surface area (TPSA) is 119 Å². The van der Waals surface area contributed by atoms with E-state index in [-0.39, 0.29) is 35.2 Å². The van der Waals surface area contributed by atoms with Gasteiger partial charge in [-0.05, 0) is 38.3 Å². The van der Waals surface area contributed by atoms with Crippen molar-refractivity contribution in [3.8, 4) is 23.1 Å². The van der Waals surface area contributed by atoms with E-state index in [1.54, 1.807) is 6.92 Å². The number of fused-ring (bicyclic) bond motifs is 5. The van der Waals surface area contributed by atoms with E-state index in [9.17, 15) is 31.4 Å². The van der Waals surface area contributed by atoms with E-state index < -0.39 is 94.5 Å². The molecule has 2 saturated heterocycles. The van der Waals surface area contributed by atoms with Crippen molar-refractivity contribution in [2.45, 2.75) is 69.4 Å². The van der Waals surface area contributed by atoms with Crippen LogP contribution in [0.5, 0.6) is 11.9 Å². The highest BCUT2D eigenvalue weighted by Gasteiger charge is 2.71. The van der Waals surface area contributed by atoms with Gasteiger partial charge in [0.2, 0.25) is 5.88 Å². The van der Waals surface area contributed by atoms with Crippen molar-refractivity contribution >= 4 is 22.4 Å². The molecule has 44 heavy (non-hydrogen) atoms. The van der Waals surface area contributed by atoms with E-state index in [1.807, 2.05) is 4.90 Å². The number of hydrogen-bond acceptors (Lipinski definition) is 9. The Morgan fingerprint density at radius 3 is 2.57 bits per heavy atom. The Hall–Kier alpha value is -3.66. The summed E-state index contributed by atoms with van der Waals surface area (Å²) in [5.74, 6) is -5.96. The minimum Gasteiger partial charge on any atom is -0.472 e. The standard InChI is InChI=1S/C28H27F7N6O3/c1-10-17(28(33,34)35)13(5-14(36)18(10)29)20-19(30)21-16-23(40-25(39-21)43-9-26(8-42)7-27(26,31)32)41-6-12-3-4-15(37-12)22(41)11(2)44-24(16)38-20/h5,11-12,15,22,37,42H,3-4,6-9,36H2,1-2H3/t11-,12?,15?,22?,26?/m0/s1. The molecule has 0 radical (unpaired) electrons. The molecule has 236 valence electrons. The van der Waals surface area contributed by atoms with Gasteiger partial charge in [-0.25, -0.2) is 22.5 Å². The fraction of sp³-hybridized carbons (Fsp3) is 0.536. The third kappa shape index (κ3) is 4.16. The van der Waals surface area contributed by atoms with Gasteiger partial charge in [-0.3, -0.25) is 0 Å². The lowest BCUT2D eigenvalue weighted by Crippen LogP contribution is -2.62. The number of rotatable bonds is 5. The maximum absolute atomic E-state index is 16.5. The van der Waals surface area contributed by atoms with Crippen LogP contribution in [0.15, 0.2) is 6.07 Å². The van der Waals surface area contributed by atoms with Crippen molar-refractivity contribution in [2.24, 2.45) is 5.41 Å². The summed E-state index contributed by atoms with van der Waals surface area (Å²) < 4.78 is 114. The number of halogens is 7. The summed E-state index contributed by atoms with van der Waals surface area (Å²) in [6.45, 7) is 1.46. The number of anilines is 2. The molecule has 3 aliphatic heterocycles. The Kier molecular flexibility index (Phi) is 6.23. The zero-order valence-corrected chi connectivity index (χ0v) is 23.4. The van der Waals surface area contributed by atoms with Crippen molar-refractivity contribution in [2.75, 3.05) is 30.4 Å². The zero-order valence-electron chi connectivity index (χ0n) is 23.4. The molecular formula is C28H27F7N6O3. The molecule has 1 aliphatic carbocycles. The lowest BCUT2D eigenvalue weighted by molar-refractivity contribution is -0.137. The van der Waals surface area contributed by atoms with Gasteiger partial charge in [0.1, 0.15) is 40.9 Å². The fourth-order valence-electron chi connectivity index (χ4n) is 6.86. The number of pyridine rings is 1. The van der Waals surface area contributed by atoms with Gasteiger partial charge < -0.3 is 30.5 Å². The second-order valence-electron chi connectivity index (χ2n) is 12.1. The molecule has 2 aromatic heterocycles. The summed E-state index contributed by atoms with van der Waals surface area (Å²) in [7, 11) is 0. The second kappa shape index (κ2) is 9.42. The zero-order chi connectivity index (χ0) is 31.5. The molecule has 0 spiro atoms. The number of nitrogens with zero attached hydrogens (tertiary/aromatic N) is 4. The number of piperazine rings is 1. The third-order valence-electron chi connectivity index (χ3n) is 9.29. The summed E-state index contributed by atoms with van der Waals surface area (Å²) in [4.78, 5) is 14.6. The molecule has 9 nitrogen and oxygen atoms in total. The van der Waals surface area contributed by atoms with Crippen LogP contribution in [0.25, 0.3) is 22.2 Å². The molecule has 0 amide bonds. The molecule has 3 fully saturated rings. The quantitative estimate of drug-likeness (QED) is 0.280. The number of hydrogen-bond donors (Lipinski definition) is 3. The van der Waals surface area contributed by atoms with Gasteiger partial charge in [-0.15, -0.1) is 0 Å². The molecule has 7 rings (SSSR count). The van der Waals surface area contributed by atoms with Crippen molar-refractivity contribution in [1.29, 1.82) is 0 Å². The number of benzene rings is 1. The fourth-order valence-corrected chi connectivity index (χ4v) is 6.86. The molecule has 2 bridgehead atoms. The second-order valence-corrected chi connectivity index (χ2v) is 12.1. The molecule has 4 unspecified atom stereocenters.